The highest BCUT2D eigenvalue weighted by atomic mass is 15.2. The zero-order chi connectivity index (χ0) is 42.5. The van der Waals surface area contributed by atoms with Crippen LogP contribution in [0.2, 0.25) is 0 Å². The highest BCUT2D eigenvalue weighted by molar-refractivity contribution is 7.00. The van der Waals surface area contributed by atoms with Crippen LogP contribution in [-0.4, -0.2) is 15.8 Å². The molecule has 11 aromatic carbocycles. The summed E-state index contributed by atoms with van der Waals surface area (Å²) >= 11 is 0. The maximum absolute atomic E-state index is 2.66. The highest BCUT2D eigenvalue weighted by Crippen LogP contribution is 2.53. The Kier molecular flexibility index (Phi) is 6.03. The number of nitrogens with zero attached hydrogens (tertiary/aromatic N) is 3. The van der Waals surface area contributed by atoms with Gasteiger partial charge in [-0.05, 0) is 131 Å². The molecule has 4 heteroatoms. The molecule has 66 heavy (non-hydrogen) atoms. The Morgan fingerprint density at radius 3 is 1.17 bits per heavy atom. The molecule has 300 valence electrons. The Morgan fingerprint density at radius 1 is 0.303 bits per heavy atom. The van der Waals surface area contributed by atoms with Crippen LogP contribution in [0.25, 0.3) is 121 Å². The molecule has 0 unspecified atom stereocenters. The molecule has 2 aromatic heterocycles. The zero-order valence-corrected chi connectivity index (χ0v) is 35.5. The van der Waals surface area contributed by atoms with Crippen LogP contribution in [0, 0.1) is 0 Å². The number of aromatic nitrogens is 2. The van der Waals surface area contributed by atoms with Gasteiger partial charge in [-0.15, -0.1) is 0 Å². The molecule has 0 amide bonds. The van der Waals surface area contributed by atoms with E-state index in [1.165, 1.54) is 137 Å². The molecule has 13 aromatic rings. The summed E-state index contributed by atoms with van der Waals surface area (Å²) in [4.78, 5) is 2.45. The van der Waals surface area contributed by atoms with Gasteiger partial charge >= 0.3 is 0 Å². The van der Waals surface area contributed by atoms with Gasteiger partial charge in [-0.1, -0.05) is 158 Å². The minimum absolute atomic E-state index is 0.00358. The second-order valence-electron chi connectivity index (χ2n) is 18.7. The molecule has 4 aliphatic rings. The molecule has 17 rings (SSSR count). The van der Waals surface area contributed by atoms with Crippen LogP contribution in [0.5, 0.6) is 0 Å². The normalized spacial score (nSPS) is 13.1. The molecule has 0 bridgehead atoms. The van der Waals surface area contributed by atoms with E-state index < -0.39 is 0 Å². The fraction of sp³-hybridized carbons (Fsp3) is 0. The molecule has 3 nitrogen and oxygen atoms in total. The van der Waals surface area contributed by atoms with Crippen molar-refractivity contribution in [2.45, 2.75) is 0 Å². The number of rotatable bonds is 3. The molecule has 2 aliphatic carbocycles. The van der Waals surface area contributed by atoms with Gasteiger partial charge in [-0.3, -0.25) is 0 Å². The summed E-state index contributed by atoms with van der Waals surface area (Å²) in [6, 6.07) is 78.1. The van der Waals surface area contributed by atoms with E-state index >= 15 is 0 Å². The SMILES string of the molecule is c1ccc(N(c2ccccc2)c2cc3c4c(c2)-n2c5ccc6cccc7c6c5c5c(ccc(c52)B4c2ccc4c5c6c8c(cccc8ccc6n-3c25)-c2ccccc2-4)-c2ccccc2-7)cc1. The third-order valence-electron chi connectivity index (χ3n) is 15.7. The number of benzene rings is 11. The van der Waals surface area contributed by atoms with Crippen molar-refractivity contribution in [1.82, 2.24) is 9.13 Å². The minimum Gasteiger partial charge on any atom is -0.310 e. The smallest absolute Gasteiger partial charge is 0.252 e. The predicted molar refractivity (Wildman–Crippen MR) is 278 cm³/mol. The second-order valence-corrected chi connectivity index (χ2v) is 18.7. The largest absolute Gasteiger partial charge is 0.310 e. The lowest BCUT2D eigenvalue weighted by Crippen LogP contribution is -2.59. The van der Waals surface area contributed by atoms with E-state index in [4.69, 9.17) is 0 Å². The molecule has 4 heterocycles. The van der Waals surface area contributed by atoms with E-state index in [9.17, 15) is 0 Å². The Morgan fingerprint density at radius 2 is 0.712 bits per heavy atom. The molecule has 0 fully saturated rings. The number of para-hydroxylation sites is 2. The molecule has 0 saturated carbocycles. The van der Waals surface area contributed by atoms with Crippen LogP contribution in [0.4, 0.5) is 17.1 Å². The first-order chi connectivity index (χ1) is 32.8. The van der Waals surface area contributed by atoms with Gasteiger partial charge in [0.2, 0.25) is 0 Å². The molecule has 2 aliphatic heterocycles. The standard InChI is InChI=1S/C62H34BN3/c1-3-15-37(16-4-1)64(38-17-5-2-6-18-38)39-33-52-60-53(34-39)66-51-32-26-36-14-12-24-45-41-20-8-10-22-43(41)47-28-30-49(62(66)57(47)59(51)55(36)45)63(60)48-29-27-46-42-21-9-7-19-40(42)44-23-11-13-35-25-31-50-58(54(35)44)56(46)61(48)65(50)52/h1-34H. The van der Waals surface area contributed by atoms with Crippen molar-refractivity contribution in [2.24, 2.45) is 0 Å². The third-order valence-corrected chi connectivity index (χ3v) is 15.7. The van der Waals surface area contributed by atoms with Crippen molar-refractivity contribution in [2.75, 3.05) is 4.90 Å². The van der Waals surface area contributed by atoms with Crippen LogP contribution >= 0.6 is 0 Å². The van der Waals surface area contributed by atoms with Crippen LogP contribution in [0.3, 0.4) is 0 Å². The summed E-state index contributed by atoms with van der Waals surface area (Å²) in [6.07, 6.45) is 0. The molecular formula is C62H34BN3. The molecule has 0 N–H and O–H groups in total. The quantitative estimate of drug-likeness (QED) is 0.162. The fourth-order valence-corrected chi connectivity index (χ4v) is 13.3. The fourth-order valence-electron chi connectivity index (χ4n) is 13.3. The van der Waals surface area contributed by atoms with Crippen molar-refractivity contribution in [1.29, 1.82) is 0 Å². The number of hydrogen-bond acceptors (Lipinski definition) is 1. The summed E-state index contributed by atoms with van der Waals surface area (Å²) in [5.74, 6) is 0. The number of hydrogen-bond donors (Lipinski definition) is 0. The first kappa shape index (κ1) is 33.9. The van der Waals surface area contributed by atoms with E-state index in [0.717, 1.165) is 17.1 Å². The topological polar surface area (TPSA) is 13.1 Å². The average molecular weight is 832 g/mol. The van der Waals surface area contributed by atoms with Gasteiger partial charge in [0, 0.05) is 44.3 Å². The Balaban J connectivity index is 1.11. The van der Waals surface area contributed by atoms with Gasteiger partial charge in [-0.25, -0.2) is 0 Å². The number of anilines is 3. The average Bonchev–Trinajstić information content (AvgIpc) is 3.84. The summed E-state index contributed by atoms with van der Waals surface area (Å²) in [5.41, 5.74) is 25.5. The molecule has 0 atom stereocenters. The Hall–Kier alpha value is -8.60. The van der Waals surface area contributed by atoms with Gasteiger partial charge in [0.1, 0.15) is 0 Å². The highest BCUT2D eigenvalue weighted by Gasteiger charge is 2.43. The monoisotopic (exact) mass is 831 g/mol. The van der Waals surface area contributed by atoms with Crippen molar-refractivity contribution in [3.05, 3.63) is 206 Å². The number of fused-ring (bicyclic) bond motifs is 12. The molecular weight excluding hydrogens is 798 g/mol. The van der Waals surface area contributed by atoms with E-state index in [-0.39, 0.29) is 6.71 Å². The zero-order valence-electron chi connectivity index (χ0n) is 35.5. The summed E-state index contributed by atoms with van der Waals surface area (Å²) < 4.78 is 5.32. The van der Waals surface area contributed by atoms with E-state index in [1.54, 1.807) is 0 Å². The molecule has 0 radical (unpaired) electrons. The second kappa shape index (κ2) is 11.7. The van der Waals surface area contributed by atoms with Gasteiger partial charge in [0.25, 0.3) is 6.71 Å². The van der Waals surface area contributed by atoms with Crippen LogP contribution < -0.4 is 21.3 Å². The molecule has 0 saturated heterocycles. The van der Waals surface area contributed by atoms with E-state index in [0.29, 0.717) is 0 Å². The van der Waals surface area contributed by atoms with Gasteiger partial charge in [-0.2, -0.15) is 0 Å². The summed E-state index contributed by atoms with van der Waals surface area (Å²) in [5, 5.41) is 10.6. The summed E-state index contributed by atoms with van der Waals surface area (Å²) in [7, 11) is 0. The van der Waals surface area contributed by atoms with Gasteiger partial charge in [0.15, 0.2) is 0 Å². The predicted octanol–water partition coefficient (Wildman–Crippen LogP) is 14.1. The molecule has 0 spiro atoms. The van der Waals surface area contributed by atoms with Crippen molar-refractivity contribution >= 4 is 105 Å². The van der Waals surface area contributed by atoms with E-state index in [2.05, 4.69) is 220 Å². The lowest BCUT2D eigenvalue weighted by atomic mass is 9.34. The maximum atomic E-state index is 2.66. The van der Waals surface area contributed by atoms with Crippen LogP contribution in [0.15, 0.2) is 206 Å². The first-order valence-corrected chi connectivity index (χ1v) is 23.1. The van der Waals surface area contributed by atoms with E-state index in [1.807, 2.05) is 0 Å². The van der Waals surface area contributed by atoms with Crippen molar-refractivity contribution in [3.8, 4) is 55.9 Å². The lowest BCUT2D eigenvalue weighted by Gasteiger charge is -2.36. The summed E-state index contributed by atoms with van der Waals surface area (Å²) in [6.45, 7) is -0.00358. The van der Waals surface area contributed by atoms with Crippen molar-refractivity contribution < 1.29 is 0 Å². The lowest BCUT2D eigenvalue weighted by molar-refractivity contribution is 1.13. The van der Waals surface area contributed by atoms with Crippen LogP contribution in [0.1, 0.15) is 0 Å². The maximum Gasteiger partial charge on any atom is 0.252 e. The van der Waals surface area contributed by atoms with Gasteiger partial charge in [0.05, 0.1) is 27.8 Å². The Labute approximate surface area is 379 Å². The van der Waals surface area contributed by atoms with Crippen molar-refractivity contribution in [3.63, 3.8) is 0 Å². The van der Waals surface area contributed by atoms with Gasteiger partial charge < -0.3 is 14.0 Å². The van der Waals surface area contributed by atoms with Crippen LogP contribution in [-0.2, 0) is 0 Å². The Bertz CT molecular complexity index is 4130. The first-order valence-electron chi connectivity index (χ1n) is 23.1. The minimum atomic E-state index is -0.00358. The third kappa shape index (κ3) is 3.89.